The van der Waals surface area contributed by atoms with Gasteiger partial charge in [0.25, 0.3) is 0 Å². The number of carbonyl (C=O) groups excluding carboxylic acids is 1. The number of furan rings is 1. The van der Waals surface area contributed by atoms with E-state index in [-0.39, 0.29) is 11.8 Å². The van der Waals surface area contributed by atoms with Crippen LogP contribution in [0.4, 0.5) is 0 Å². The minimum Gasteiger partial charge on any atom is -0.468 e. The number of amides is 1. The van der Waals surface area contributed by atoms with E-state index in [9.17, 15) is 4.79 Å². The maximum absolute atomic E-state index is 11.8. The molecular weight excluding hydrogens is 292 g/mol. The zero-order valence-electron chi connectivity index (χ0n) is 13.1. The molecule has 1 saturated carbocycles. The van der Waals surface area contributed by atoms with E-state index in [0.29, 0.717) is 12.6 Å². The molecule has 0 unspecified atom stereocenters. The monoisotopic (exact) mass is 314 g/mol. The molecule has 0 bridgehead atoms. The van der Waals surface area contributed by atoms with Crippen LogP contribution < -0.4 is 5.32 Å². The van der Waals surface area contributed by atoms with Gasteiger partial charge in [0.15, 0.2) is 0 Å². The van der Waals surface area contributed by atoms with E-state index in [4.69, 9.17) is 4.42 Å². The Bertz CT molecular complexity index is 660. The summed E-state index contributed by atoms with van der Waals surface area (Å²) in [4.78, 5) is 14.1. The highest BCUT2D eigenvalue weighted by Crippen LogP contribution is 2.29. The highest BCUT2D eigenvalue weighted by molar-refractivity contribution is 5.80. The maximum Gasteiger partial charge on any atom is 0.223 e. The summed E-state index contributed by atoms with van der Waals surface area (Å²) in [6.45, 7) is 3.33. The number of nitrogens with one attached hydrogen (secondary N) is 1. The molecule has 0 aromatic carbocycles. The second kappa shape index (κ2) is 6.20. The number of hydrogen-bond donors (Lipinski definition) is 1. The lowest BCUT2D eigenvalue weighted by atomic mass is 10.1. The fourth-order valence-corrected chi connectivity index (χ4v) is 3.27. The van der Waals surface area contributed by atoms with Crippen molar-refractivity contribution in [2.45, 2.75) is 38.4 Å². The number of fused-ring (bicyclic) bond motifs is 1. The molecule has 122 valence electrons. The number of hydrogen-bond acceptors (Lipinski definition) is 4. The van der Waals surface area contributed by atoms with Gasteiger partial charge in [0.1, 0.15) is 5.76 Å². The molecule has 6 nitrogen and oxygen atoms in total. The largest absolute Gasteiger partial charge is 0.468 e. The van der Waals surface area contributed by atoms with Gasteiger partial charge in [-0.25, -0.2) is 0 Å². The standard InChI is InChI=1S/C17H22N4O2/c22-17(13-3-4-13)18-7-5-14-10-20(12-16-2-1-9-23-16)11-15-6-8-19-21(14)15/h1-2,6,8-9,13-14H,3-5,7,10-12H2,(H,18,22)/t14-/m1/s1. The van der Waals surface area contributed by atoms with E-state index in [1.807, 2.05) is 18.3 Å². The van der Waals surface area contributed by atoms with Crippen LogP contribution in [0.5, 0.6) is 0 Å². The van der Waals surface area contributed by atoms with Gasteiger partial charge in [0.05, 0.1) is 24.5 Å². The fraction of sp³-hybridized carbons (Fsp3) is 0.529. The van der Waals surface area contributed by atoms with Gasteiger partial charge in [-0.1, -0.05) is 0 Å². The van der Waals surface area contributed by atoms with Crippen LogP contribution in [0.15, 0.2) is 35.1 Å². The van der Waals surface area contributed by atoms with Crippen molar-refractivity contribution in [3.8, 4) is 0 Å². The molecule has 1 amide bonds. The Morgan fingerprint density at radius 3 is 3.09 bits per heavy atom. The van der Waals surface area contributed by atoms with E-state index < -0.39 is 0 Å². The lowest BCUT2D eigenvalue weighted by molar-refractivity contribution is -0.122. The van der Waals surface area contributed by atoms with Gasteiger partial charge in [0.2, 0.25) is 5.91 Å². The second-order valence-electron chi connectivity index (χ2n) is 6.52. The highest BCUT2D eigenvalue weighted by Gasteiger charge is 2.30. The quantitative estimate of drug-likeness (QED) is 0.885. The molecule has 23 heavy (non-hydrogen) atoms. The smallest absolute Gasteiger partial charge is 0.223 e. The van der Waals surface area contributed by atoms with Crippen molar-refractivity contribution in [1.29, 1.82) is 0 Å². The van der Waals surface area contributed by atoms with Crippen molar-refractivity contribution in [2.24, 2.45) is 5.92 Å². The molecule has 0 spiro atoms. The molecule has 1 aliphatic heterocycles. The number of rotatable bonds is 6. The summed E-state index contributed by atoms with van der Waals surface area (Å²) in [6.07, 6.45) is 6.59. The summed E-state index contributed by atoms with van der Waals surface area (Å²) >= 11 is 0. The number of carbonyl (C=O) groups is 1. The number of nitrogens with zero attached hydrogens (tertiary/aromatic N) is 3. The summed E-state index contributed by atoms with van der Waals surface area (Å²) in [5.41, 5.74) is 1.22. The topological polar surface area (TPSA) is 63.3 Å². The van der Waals surface area contributed by atoms with Crippen LogP contribution in [0.25, 0.3) is 0 Å². The Hall–Kier alpha value is -2.08. The summed E-state index contributed by atoms with van der Waals surface area (Å²) in [5, 5.41) is 7.53. The molecule has 2 aliphatic rings. The first-order chi connectivity index (χ1) is 11.3. The summed E-state index contributed by atoms with van der Waals surface area (Å²) in [6, 6.07) is 6.30. The van der Waals surface area contributed by atoms with Crippen LogP contribution in [0.1, 0.15) is 36.8 Å². The molecule has 2 aromatic heterocycles. The molecule has 6 heteroatoms. The predicted molar refractivity (Wildman–Crippen MR) is 84.4 cm³/mol. The first-order valence-electron chi connectivity index (χ1n) is 8.34. The molecule has 1 N–H and O–H groups in total. The van der Waals surface area contributed by atoms with Crippen molar-refractivity contribution >= 4 is 5.91 Å². The molecule has 1 aliphatic carbocycles. The zero-order chi connectivity index (χ0) is 15.6. The predicted octanol–water partition coefficient (Wildman–Crippen LogP) is 1.95. The molecule has 0 radical (unpaired) electrons. The van der Waals surface area contributed by atoms with Crippen molar-refractivity contribution in [3.63, 3.8) is 0 Å². The average Bonchev–Trinajstić information content (AvgIpc) is 3.07. The minimum absolute atomic E-state index is 0.217. The fourth-order valence-electron chi connectivity index (χ4n) is 3.27. The average molecular weight is 314 g/mol. The summed E-state index contributed by atoms with van der Waals surface area (Å²) in [5.74, 6) is 1.48. The van der Waals surface area contributed by atoms with E-state index in [1.165, 1.54) is 5.69 Å². The molecule has 1 fully saturated rings. The van der Waals surface area contributed by atoms with Crippen molar-refractivity contribution < 1.29 is 9.21 Å². The molecule has 2 aromatic rings. The third-order valence-electron chi connectivity index (χ3n) is 4.64. The van der Waals surface area contributed by atoms with Crippen LogP contribution in [-0.4, -0.2) is 33.7 Å². The Morgan fingerprint density at radius 1 is 1.39 bits per heavy atom. The van der Waals surface area contributed by atoms with Crippen LogP contribution in [-0.2, 0) is 17.9 Å². The molecular formula is C17H22N4O2. The lowest BCUT2D eigenvalue weighted by Crippen LogP contribution is -2.39. The summed E-state index contributed by atoms with van der Waals surface area (Å²) < 4.78 is 7.58. The highest BCUT2D eigenvalue weighted by atomic mass is 16.3. The SMILES string of the molecule is O=C(NCC[C@@H]1CN(Cc2ccco2)Cc2ccnn21)C1CC1. The van der Waals surface area contributed by atoms with Gasteiger partial charge in [-0.05, 0) is 37.5 Å². The van der Waals surface area contributed by atoms with Crippen molar-refractivity contribution in [2.75, 3.05) is 13.1 Å². The van der Waals surface area contributed by atoms with E-state index >= 15 is 0 Å². The lowest BCUT2D eigenvalue weighted by Gasteiger charge is -2.33. The zero-order valence-corrected chi connectivity index (χ0v) is 13.1. The Balaban J connectivity index is 1.37. The first kappa shape index (κ1) is 14.5. The van der Waals surface area contributed by atoms with Gasteiger partial charge in [0, 0.05) is 31.7 Å². The second-order valence-corrected chi connectivity index (χ2v) is 6.52. The van der Waals surface area contributed by atoms with E-state index in [1.54, 1.807) is 6.26 Å². The minimum atomic E-state index is 0.217. The third kappa shape index (κ3) is 3.32. The van der Waals surface area contributed by atoms with E-state index in [2.05, 4.69) is 26.1 Å². The maximum atomic E-state index is 11.8. The van der Waals surface area contributed by atoms with Gasteiger partial charge >= 0.3 is 0 Å². The summed E-state index contributed by atoms with van der Waals surface area (Å²) in [7, 11) is 0. The Kier molecular flexibility index (Phi) is 3.91. The molecule has 4 rings (SSSR count). The molecule has 0 saturated heterocycles. The van der Waals surface area contributed by atoms with Gasteiger partial charge in [-0.3, -0.25) is 14.4 Å². The van der Waals surface area contributed by atoms with Gasteiger partial charge < -0.3 is 9.73 Å². The van der Waals surface area contributed by atoms with Crippen molar-refractivity contribution in [1.82, 2.24) is 20.0 Å². The van der Waals surface area contributed by atoms with Crippen LogP contribution in [0, 0.1) is 5.92 Å². The van der Waals surface area contributed by atoms with Crippen LogP contribution in [0.3, 0.4) is 0 Å². The molecule has 1 atom stereocenters. The van der Waals surface area contributed by atoms with E-state index in [0.717, 1.165) is 44.7 Å². The first-order valence-corrected chi connectivity index (χ1v) is 8.34. The number of aromatic nitrogens is 2. The Labute approximate surface area is 135 Å². The normalized spacial score (nSPS) is 21.1. The Morgan fingerprint density at radius 2 is 2.30 bits per heavy atom. The third-order valence-corrected chi connectivity index (χ3v) is 4.64. The van der Waals surface area contributed by atoms with Gasteiger partial charge in [-0.2, -0.15) is 5.10 Å². The van der Waals surface area contributed by atoms with Crippen LogP contribution in [0.2, 0.25) is 0 Å². The molecule has 3 heterocycles. The van der Waals surface area contributed by atoms with Gasteiger partial charge in [-0.15, -0.1) is 0 Å². The van der Waals surface area contributed by atoms with Crippen LogP contribution >= 0.6 is 0 Å². The van der Waals surface area contributed by atoms with Crippen molar-refractivity contribution in [3.05, 3.63) is 42.1 Å².